The SMILES string of the molecule is CCN(CC)CCCNc1nc2c(c(=O)[nH]1)CN(Cc1ccccc1)CC2. The van der Waals surface area contributed by atoms with Crippen molar-refractivity contribution in [3.63, 3.8) is 0 Å². The van der Waals surface area contributed by atoms with Gasteiger partial charge in [-0.15, -0.1) is 0 Å². The van der Waals surface area contributed by atoms with Crippen molar-refractivity contribution >= 4 is 5.95 Å². The highest BCUT2D eigenvalue weighted by atomic mass is 16.1. The van der Waals surface area contributed by atoms with E-state index in [0.29, 0.717) is 12.5 Å². The number of hydrogen-bond acceptors (Lipinski definition) is 5. The second kappa shape index (κ2) is 9.67. The van der Waals surface area contributed by atoms with Gasteiger partial charge in [0.25, 0.3) is 5.56 Å². The highest BCUT2D eigenvalue weighted by Gasteiger charge is 2.21. The third-order valence-electron chi connectivity index (χ3n) is 5.23. The lowest BCUT2D eigenvalue weighted by Crippen LogP contribution is -2.35. The molecule has 0 aliphatic carbocycles. The molecule has 146 valence electrons. The first kappa shape index (κ1) is 19.6. The van der Waals surface area contributed by atoms with Gasteiger partial charge in [0.1, 0.15) is 0 Å². The van der Waals surface area contributed by atoms with Crippen molar-refractivity contribution in [1.82, 2.24) is 19.8 Å². The molecule has 0 amide bonds. The molecule has 0 saturated carbocycles. The van der Waals surface area contributed by atoms with Crippen LogP contribution in [0.25, 0.3) is 0 Å². The molecular formula is C21H31N5O. The Morgan fingerprint density at radius 1 is 1.22 bits per heavy atom. The molecule has 27 heavy (non-hydrogen) atoms. The molecule has 0 atom stereocenters. The number of rotatable bonds is 9. The van der Waals surface area contributed by atoms with Crippen molar-refractivity contribution in [1.29, 1.82) is 0 Å². The average molecular weight is 370 g/mol. The fourth-order valence-electron chi connectivity index (χ4n) is 3.59. The van der Waals surface area contributed by atoms with Gasteiger partial charge in [-0.3, -0.25) is 14.7 Å². The van der Waals surface area contributed by atoms with Gasteiger partial charge in [0, 0.05) is 32.6 Å². The van der Waals surface area contributed by atoms with E-state index in [4.69, 9.17) is 0 Å². The number of fused-ring (bicyclic) bond motifs is 1. The molecule has 2 heterocycles. The van der Waals surface area contributed by atoms with Gasteiger partial charge in [-0.2, -0.15) is 0 Å². The number of nitrogens with zero attached hydrogens (tertiary/aromatic N) is 3. The van der Waals surface area contributed by atoms with Gasteiger partial charge in [-0.05, 0) is 31.6 Å². The fraction of sp³-hybridized carbons (Fsp3) is 0.524. The van der Waals surface area contributed by atoms with Crippen LogP contribution in [0.2, 0.25) is 0 Å². The van der Waals surface area contributed by atoms with Crippen molar-refractivity contribution < 1.29 is 0 Å². The van der Waals surface area contributed by atoms with Crippen LogP contribution >= 0.6 is 0 Å². The molecule has 2 N–H and O–H groups in total. The maximum Gasteiger partial charge on any atom is 0.257 e. The Morgan fingerprint density at radius 2 is 2.00 bits per heavy atom. The molecule has 2 aromatic rings. The van der Waals surface area contributed by atoms with Gasteiger partial charge < -0.3 is 10.2 Å². The number of benzene rings is 1. The van der Waals surface area contributed by atoms with Crippen LogP contribution in [-0.2, 0) is 19.5 Å². The van der Waals surface area contributed by atoms with E-state index in [1.54, 1.807) is 0 Å². The second-order valence-electron chi connectivity index (χ2n) is 7.09. The molecule has 6 nitrogen and oxygen atoms in total. The van der Waals surface area contributed by atoms with E-state index in [1.165, 1.54) is 5.56 Å². The summed E-state index contributed by atoms with van der Waals surface area (Å²) in [6, 6.07) is 10.4. The summed E-state index contributed by atoms with van der Waals surface area (Å²) >= 11 is 0. The van der Waals surface area contributed by atoms with Crippen LogP contribution in [0.4, 0.5) is 5.95 Å². The molecule has 6 heteroatoms. The van der Waals surface area contributed by atoms with Crippen LogP contribution in [-0.4, -0.2) is 52.5 Å². The van der Waals surface area contributed by atoms with E-state index in [2.05, 4.69) is 63.2 Å². The van der Waals surface area contributed by atoms with E-state index in [0.717, 1.165) is 63.4 Å². The molecule has 0 unspecified atom stereocenters. The predicted molar refractivity (Wildman–Crippen MR) is 110 cm³/mol. The molecule has 0 bridgehead atoms. The molecule has 1 aromatic carbocycles. The Bertz CT molecular complexity index is 770. The quantitative estimate of drug-likeness (QED) is 0.665. The minimum atomic E-state index is -0.0102. The van der Waals surface area contributed by atoms with Crippen LogP contribution in [0, 0.1) is 0 Å². The zero-order chi connectivity index (χ0) is 19.1. The number of aromatic nitrogens is 2. The summed E-state index contributed by atoms with van der Waals surface area (Å²) in [4.78, 5) is 24.8. The van der Waals surface area contributed by atoms with Crippen LogP contribution < -0.4 is 10.9 Å². The predicted octanol–water partition coefficient (Wildman–Crippen LogP) is 2.47. The monoisotopic (exact) mass is 369 g/mol. The summed E-state index contributed by atoms with van der Waals surface area (Å²) in [5.41, 5.74) is 3.01. The van der Waals surface area contributed by atoms with E-state index in [-0.39, 0.29) is 5.56 Å². The molecule has 3 rings (SSSR count). The lowest BCUT2D eigenvalue weighted by atomic mass is 10.1. The van der Waals surface area contributed by atoms with Gasteiger partial charge in [0.15, 0.2) is 0 Å². The standard InChI is InChI=1S/C21H31N5O/c1-3-25(4-2)13-8-12-22-21-23-19-11-14-26(16-18(19)20(27)24-21)15-17-9-6-5-7-10-17/h5-7,9-10H,3-4,8,11-16H2,1-2H3,(H2,22,23,24,27). The Labute approximate surface area is 161 Å². The Hall–Kier alpha value is -2.18. The summed E-state index contributed by atoms with van der Waals surface area (Å²) < 4.78 is 0. The average Bonchev–Trinajstić information content (AvgIpc) is 2.69. The topological polar surface area (TPSA) is 64.3 Å². The normalized spacial score (nSPS) is 14.3. The third kappa shape index (κ3) is 5.40. The molecule has 0 fully saturated rings. The minimum Gasteiger partial charge on any atom is -0.356 e. The Balaban J connectivity index is 1.57. The first-order valence-electron chi connectivity index (χ1n) is 10.0. The van der Waals surface area contributed by atoms with Crippen LogP contribution in [0.15, 0.2) is 35.1 Å². The maximum atomic E-state index is 12.5. The number of aromatic amines is 1. The molecule has 0 radical (unpaired) electrons. The van der Waals surface area contributed by atoms with Crippen LogP contribution in [0.5, 0.6) is 0 Å². The number of anilines is 1. The van der Waals surface area contributed by atoms with Crippen molar-refractivity contribution in [2.45, 2.75) is 39.8 Å². The van der Waals surface area contributed by atoms with Crippen molar-refractivity contribution in [2.75, 3.05) is 38.0 Å². The van der Waals surface area contributed by atoms with Gasteiger partial charge in [-0.1, -0.05) is 44.2 Å². The van der Waals surface area contributed by atoms with E-state index in [1.807, 2.05) is 6.07 Å². The van der Waals surface area contributed by atoms with Gasteiger partial charge >= 0.3 is 0 Å². The summed E-state index contributed by atoms with van der Waals surface area (Å²) in [5, 5.41) is 3.28. The first-order valence-corrected chi connectivity index (χ1v) is 10.0. The van der Waals surface area contributed by atoms with E-state index in [9.17, 15) is 4.79 Å². The Kier molecular flexibility index (Phi) is 7.01. The fourth-order valence-corrected chi connectivity index (χ4v) is 3.59. The van der Waals surface area contributed by atoms with Crippen molar-refractivity contribution in [3.05, 3.63) is 57.5 Å². The molecule has 0 saturated heterocycles. The lowest BCUT2D eigenvalue weighted by molar-refractivity contribution is 0.242. The molecule has 0 spiro atoms. The van der Waals surface area contributed by atoms with E-state index >= 15 is 0 Å². The smallest absolute Gasteiger partial charge is 0.257 e. The van der Waals surface area contributed by atoms with Gasteiger partial charge in [0.2, 0.25) is 5.95 Å². The number of hydrogen-bond donors (Lipinski definition) is 2. The minimum absolute atomic E-state index is 0.0102. The lowest BCUT2D eigenvalue weighted by Gasteiger charge is -2.27. The number of nitrogens with one attached hydrogen (secondary N) is 2. The Morgan fingerprint density at radius 3 is 2.74 bits per heavy atom. The number of H-pyrrole nitrogens is 1. The van der Waals surface area contributed by atoms with Gasteiger partial charge in [-0.25, -0.2) is 4.98 Å². The zero-order valence-electron chi connectivity index (χ0n) is 16.5. The summed E-state index contributed by atoms with van der Waals surface area (Å²) in [7, 11) is 0. The summed E-state index contributed by atoms with van der Waals surface area (Å²) in [6.07, 6.45) is 1.85. The molecular weight excluding hydrogens is 338 g/mol. The molecule has 1 aromatic heterocycles. The van der Waals surface area contributed by atoms with Gasteiger partial charge in [0.05, 0.1) is 11.3 Å². The van der Waals surface area contributed by atoms with Crippen molar-refractivity contribution in [3.8, 4) is 0 Å². The van der Waals surface area contributed by atoms with Crippen LogP contribution in [0.1, 0.15) is 37.1 Å². The molecule has 1 aliphatic rings. The zero-order valence-corrected chi connectivity index (χ0v) is 16.5. The summed E-state index contributed by atoms with van der Waals surface area (Å²) in [5.74, 6) is 0.606. The first-order chi connectivity index (χ1) is 13.2. The highest BCUT2D eigenvalue weighted by Crippen LogP contribution is 2.17. The third-order valence-corrected chi connectivity index (χ3v) is 5.23. The summed E-state index contributed by atoms with van der Waals surface area (Å²) in [6.45, 7) is 10.8. The maximum absolute atomic E-state index is 12.5. The van der Waals surface area contributed by atoms with E-state index < -0.39 is 0 Å². The second-order valence-corrected chi connectivity index (χ2v) is 7.09. The largest absolute Gasteiger partial charge is 0.356 e. The van der Waals surface area contributed by atoms with Crippen molar-refractivity contribution in [2.24, 2.45) is 0 Å². The highest BCUT2D eigenvalue weighted by molar-refractivity contribution is 5.31. The van der Waals surface area contributed by atoms with Crippen LogP contribution in [0.3, 0.4) is 0 Å². The molecule has 1 aliphatic heterocycles.